The summed E-state index contributed by atoms with van der Waals surface area (Å²) in [6.07, 6.45) is -0.393. The summed E-state index contributed by atoms with van der Waals surface area (Å²) in [4.78, 5) is 12.0. The van der Waals surface area contributed by atoms with Gasteiger partial charge < -0.3 is 24.8 Å². The van der Waals surface area contributed by atoms with E-state index in [4.69, 9.17) is 14.2 Å². The van der Waals surface area contributed by atoms with Crippen LogP contribution in [-0.4, -0.2) is 38.5 Å². The molecule has 1 unspecified atom stereocenters. The zero-order chi connectivity index (χ0) is 19.0. The Morgan fingerprint density at radius 3 is 2.08 bits per heavy atom. The van der Waals surface area contributed by atoms with Crippen LogP contribution in [0.5, 0.6) is 11.5 Å². The molecular weight excluding hydrogens is 320 g/mol. The van der Waals surface area contributed by atoms with E-state index in [-0.39, 0.29) is 12.0 Å². The van der Waals surface area contributed by atoms with Crippen LogP contribution in [-0.2, 0) is 11.3 Å². The summed E-state index contributed by atoms with van der Waals surface area (Å²) >= 11 is 0. The molecule has 0 spiro atoms. The van der Waals surface area contributed by atoms with E-state index in [0.717, 1.165) is 17.1 Å². The molecule has 1 rings (SSSR count). The molecule has 0 fully saturated rings. The topological polar surface area (TPSA) is 68.8 Å². The maximum atomic E-state index is 12.0. The molecule has 0 aliphatic rings. The van der Waals surface area contributed by atoms with Gasteiger partial charge in [-0.3, -0.25) is 0 Å². The third-order valence-electron chi connectivity index (χ3n) is 3.61. The van der Waals surface area contributed by atoms with E-state index in [2.05, 4.69) is 24.5 Å². The first-order chi connectivity index (χ1) is 11.6. The summed E-state index contributed by atoms with van der Waals surface area (Å²) in [5.41, 5.74) is 0.548. The van der Waals surface area contributed by atoms with E-state index in [0.29, 0.717) is 13.1 Å². The molecule has 0 bridgehead atoms. The van der Waals surface area contributed by atoms with Crippen molar-refractivity contribution in [3.63, 3.8) is 0 Å². The highest BCUT2D eigenvalue weighted by Crippen LogP contribution is 2.22. The summed E-state index contributed by atoms with van der Waals surface area (Å²) in [6.45, 7) is 11.0. The molecule has 0 heterocycles. The lowest BCUT2D eigenvalue weighted by molar-refractivity contribution is 0.0490. The number of methoxy groups -OCH3 is 2. The van der Waals surface area contributed by atoms with Crippen molar-refractivity contribution in [3.8, 4) is 11.5 Å². The molecule has 6 nitrogen and oxygen atoms in total. The van der Waals surface area contributed by atoms with Crippen LogP contribution in [0.4, 0.5) is 4.79 Å². The number of ether oxygens (including phenoxy) is 3. The van der Waals surface area contributed by atoms with Crippen LogP contribution in [0.3, 0.4) is 0 Å². The highest BCUT2D eigenvalue weighted by molar-refractivity contribution is 5.68. The minimum atomic E-state index is -0.504. The molecule has 1 atom stereocenters. The summed E-state index contributed by atoms with van der Waals surface area (Å²) in [5.74, 6) is 1.78. The molecule has 25 heavy (non-hydrogen) atoms. The van der Waals surface area contributed by atoms with Crippen LogP contribution in [0, 0.1) is 5.92 Å². The van der Waals surface area contributed by atoms with Gasteiger partial charge in [0.15, 0.2) is 0 Å². The Balaban J connectivity index is 2.60. The zero-order valence-electron chi connectivity index (χ0n) is 16.4. The minimum Gasteiger partial charge on any atom is -0.497 e. The molecule has 1 amide bonds. The predicted molar refractivity (Wildman–Crippen MR) is 99.2 cm³/mol. The van der Waals surface area contributed by atoms with Crippen LogP contribution in [0.15, 0.2) is 18.2 Å². The second-order valence-corrected chi connectivity index (χ2v) is 7.35. The quantitative estimate of drug-likeness (QED) is 0.751. The number of benzene rings is 1. The molecule has 0 saturated heterocycles. The second-order valence-electron chi connectivity index (χ2n) is 7.35. The monoisotopic (exact) mass is 352 g/mol. The number of amides is 1. The van der Waals surface area contributed by atoms with Crippen molar-refractivity contribution < 1.29 is 19.0 Å². The van der Waals surface area contributed by atoms with E-state index in [1.54, 1.807) is 14.2 Å². The van der Waals surface area contributed by atoms with Crippen molar-refractivity contribution in [2.75, 3.05) is 20.8 Å². The molecule has 0 radical (unpaired) electrons. The maximum absolute atomic E-state index is 12.0. The molecule has 0 aliphatic heterocycles. The highest BCUT2D eigenvalue weighted by Gasteiger charge is 2.21. The Kier molecular flexibility index (Phi) is 8.03. The van der Waals surface area contributed by atoms with Crippen LogP contribution >= 0.6 is 0 Å². The maximum Gasteiger partial charge on any atom is 0.407 e. The van der Waals surface area contributed by atoms with Crippen molar-refractivity contribution >= 4 is 6.09 Å². The lowest BCUT2D eigenvalue weighted by Gasteiger charge is -2.26. The Labute approximate surface area is 151 Å². The summed E-state index contributed by atoms with van der Waals surface area (Å²) in [5, 5.41) is 6.30. The second kappa shape index (κ2) is 9.51. The smallest absolute Gasteiger partial charge is 0.407 e. The average molecular weight is 352 g/mol. The number of alkyl carbamates (subject to hydrolysis) is 1. The first-order valence-electron chi connectivity index (χ1n) is 8.56. The van der Waals surface area contributed by atoms with Gasteiger partial charge in [0.1, 0.15) is 17.1 Å². The van der Waals surface area contributed by atoms with Crippen LogP contribution in [0.2, 0.25) is 0 Å². The first kappa shape index (κ1) is 21.1. The molecule has 0 saturated carbocycles. The Morgan fingerprint density at radius 2 is 1.64 bits per heavy atom. The molecule has 1 aromatic carbocycles. The molecule has 6 heteroatoms. The number of hydrogen-bond donors (Lipinski definition) is 2. The predicted octanol–water partition coefficient (Wildman–Crippen LogP) is 3.34. The summed E-state index contributed by atoms with van der Waals surface area (Å²) in [7, 11) is 3.26. The fourth-order valence-electron chi connectivity index (χ4n) is 2.25. The van der Waals surface area contributed by atoms with Crippen LogP contribution in [0.25, 0.3) is 0 Å². The van der Waals surface area contributed by atoms with Crippen molar-refractivity contribution in [2.45, 2.75) is 52.8 Å². The van der Waals surface area contributed by atoms with Crippen molar-refractivity contribution in [1.82, 2.24) is 10.6 Å². The molecule has 1 aromatic rings. The van der Waals surface area contributed by atoms with Gasteiger partial charge in [-0.05, 0) is 44.4 Å². The van der Waals surface area contributed by atoms with Crippen molar-refractivity contribution in [3.05, 3.63) is 23.8 Å². The van der Waals surface area contributed by atoms with Gasteiger partial charge >= 0.3 is 6.09 Å². The number of carbonyl (C=O) groups excluding carboxylic acids is 1. The van der Waals surface area contributed by atoms with E-state index in [1.807, 2.05) is 39.0 Å². The Hall–Kier alpha value is -1.95. The third-order valence-corrected chi connectivity index (χ3v) is 3.61. The normalized spacial score (nSPS) is 12.6. The zero-order valence-corrected chi connectivity index (χ0v) is 16.4. The lowest BCUT2D eigenvalue weighted by atomic mass is 10.0. The highest BCUT2D eigenvalue weighted by atomic mass is 16.6. The number of carbonyl (C=O) groups is 1. The number of hydrogen-bond acceptors (Lipinski definition) is 5. The van der Waals surface area contributed by atoms with E-state index in [1.165, 1.54) is 0 Å². The lowest BCUT2D eigenvalue weighted by Crippen LogP contribution is -2.46. The van der Waals surface area contributed by atoms with Gasteiger partial charge in [-0.1, -0.05) is 13.8 Å². The largest absolute Gasteiger partial charge is 0.497 e. The Bertz CT molecular complexity index is 531. The van der Waals surface area contributed by atoms with E-state index in [9.17, 15) is 4.79 Å². The van der Waals surface area contributed by atoms with Crippen LogP contribution < -0.4 is 20.1 Å². The van der Waals surface area contributed by atoms with Gasteiger partial charge in [0.25, 0.3) is 0 Å². The molecule has 2 N–H and O–H groups in total. The average Bonchev–Trinajstić information content (AvgIpc) is 2.51. The molecule has 0 aliphatic carbocycles. The first-order valence-corrected chi connectivity index (χ1v) is 8.56. The number of nitrogens with one attached hydrogen (secondary N) is 2. The summed E-state index contributed by atoms with van der Waals surface area (Å²) in [6, 6.07) is 5.73. The summed E-state index contributed by atoms with van der Waals surface area (Å²) < 4.78 is 15.9. The third kappa shape index (κ3) is 8.12. The van der Waals surface area contributed by atoms with Crippen LogP contribution in [0.1, 0.15) is 40.2 Å². The minimum absolute atomic E-state index is 0.0256. The molecular formula is C19H32N2O4. The van der Waals surface area contributed by atoms with Gasteiger partial charge in [0.2, 0.25) is 0 Å². The van der Waals surface area contributed by atoms with E-state index < -0.39 is 11.7 Å². The SMILES string of the molecule is COc1cc(CNCC(NC(=O)OC(C)(C)C)C(C)C)cc(OC)c1. The Morgan fingerprint density at radius 1 is 1.08 bits per heavy atom. The van der Waals surface area contributed by atoms with Crippen molar-refractivity contribution in [2.24, 2.45) is 5.92 Å². The fourth-order valence-corrected chi connectivity index (χ4v) is 2.25. The van der Waals surface area contributed by atoms with Gasteiger partial charge in [0.05, 0.1) is 14.2 Å². The van der Waals surface area contributed by atoms with Crippen molar-refractivity contribution in [1.29, 1.82) is 0 Å². The van der Waals surface area contributed by atoms with Gasteiger partial charge in [0, 0.05) is 25.2 Å². The fraction of sp³-hybridized carbons (Fsp3) is 0.632. The molecule has 0 aromatic heterocycles. The van der Waals surface area contributed by atoms with Gasteiger partial charge in [-0.2, -0.15) is 0 Å². The standard InChI is InChI=1S/C19H32N2O4/c1-13(2)17(21-18(22)25-19(3,4)5)12-20-11-14-8-15(23-6)10-16(9-14)24-7/h8-10,13,17,20H,11-12H2,1-7H3,(H,21,22). The molecule has 142 valence electrons. The van der Waals surface area contributed by atoms with E-state index >= 15 is 0 Å². The van der Waals surface area contributed by atoms with Gasteiger partial charge in [-0.15, -0.1) is 0 Å². The number of rotatable bonds is 8. The van der Waals surface area contributed by atoms with Gasteiger partial charge in [-0.25, -0.2) is 4.79 Å².